The molecule has 1 aromatic heterocycles. The van der Waals surface area contributed by atoms with Crippen molar-refractivity contribution in [1.82, 2.24) is 10.3 Å². The van der Waals surface area contributed by atoms with Gasteiger partial charge in [-0.15, -0.1) is 0 Å². The zero-order chi connectivity index (χ0) is 11.2. The topological polar surface area (TPSA) is 48.7 Å². The maximum absolute atomic E-state index is 8.41. The average Bonchev–Trinajstić information content (AvgIpc) is 2.34. The van der Waals surface area contributed by atoms with Crippen molar-refractivity contribution >= 4 is 10.9 Å². The highest BCUT2D eigenvalue weighted by Gasteiger charge is 1.96. The number of rotatable bonds is 4. The van der Waals surface area contributed by atoms with Crippen LogP contribution in [0.3, 0.4) is 0 Å². The second kappa shape index (κ2) is 5.24. The molecule has 0 radical (unpaired) electrons. The summed E-state index contributed by atoms with van der Waals surface area (Å²) in [5.41, 5.74) is 2.24. The summed E-state index contributed by atoms with van der Waals surface area (Å²) in [6.45, 7) is 1.54. The van der Waals surface area contributed by atoms with Crippen LogP contribution in [0.25, 0.3) is 10.9 Å². The van der Waals surface area contributed by atoms with Crippen LogP contribution in [0.4, 0.5) is 0 Å². The Kier molecular flexibility index (Phi) is 3.47. The molecule has 2 aromatic rings. The summed E-state index contributed by atoms with van der Waals surface area (Å²) in [6, 6.07) is 12.3. The van der Waals surface area contributed by atoms with Crippen LogP contribution in [0.5, 0.6) is 0 Å². The highest BCUT2D eigenvalue weighted by atomic mass is 14.8. The monoisotopic (exact) mass is 211 g/mol. The van der Waals surface area contributed by atoms with Gasteiger partial charge in [0.05, 0.1) is 11.6 Å². The summed E-state index contributed by atoms with van der Waals surface area (Å²) in [7, 11) is 0. The summed E-state index contributed by atoms with van der Waals surface area (Å²) >= 11 is 0. The van der Waals surface area contributed by atoms with Crippen molar-refractivity contribution in [3.8, 4) is 6.07 Å². The number of hydrogen-bond acceptors (Lipinski definition) is 3. The Bertz CT molecular complexity index is 514. The second-order valence-corrected chi connectivity index (χ2v) is 3.62. The normalized spacial score (nSPS) is 10.2. The van der Waals surface area contributed by atoms with Gasteiger partial charge in [-0.2, -0.15) is 5.26 Å². The average molecular weight is 211 g/mol. The molecule has 0 fully saturated rings. The van der Waals surface area contributed by atoms with E-state index in [0.29, 0.717) is 6.42 Å². The van der Waals surface area contributed by atoms with E-state index in [2.05, 4.69) is 34.6 Å². The first kappa shape index (κ1) is 10.6. The Morgan fingerprint density at radius 2 is 2.25 bits per heavy atom. The number of benzene rings is 1. The van der Waals surface area contributed by atoms with E-state index in [-0.39, 0.29) is 0 Å². The molecule has 1 N–H and O–H groups in total. The van der Waals surface area contributed by atoms with Gasteiger partial charge in [0.2, 0.25) is 0 Å². The van der Waals surface area contributed by atoms with E-state index in [4.69, 9.17) is 5.26 Å². The molecule has 80 valence electrons. The lowest BCUT2D eigenvalue weighted by atomic mass is 10.1. The molecule has 1 heterocycles. The van der Waals surface area contributed by atoms with Gasteiger partial charge in [0, 0.05) is 31.1 Å². The van der Waals surface area contributed by atoms with Crippen LogP contribution >= 0.6 is 0 Å². The quantitative estimate of drug-likeness (QED) is 0.789. The predicted octanol–water partition coefficient (Wildman–Crippen LogP) is 2.24. The largest absolute Gasteiger partial charge is 0.312 e. The third-order valence-corrected chi connectivity index (χ3v) is 2.41. The predicted molar refractivity (Wildman–Crippen MR) is 63.7 cm³/mol. The molecule has 0 aliphatic rings. The summed E-state index contributed by atoms with van der Waals surface area (Å²) < 4.78 is 0. The van der Waals surface area contributed by atoms with E-state index >= 15 is 0 Å². The first-order chi connectivity index (χ1) is 7.90. The number of hydrogen-bond donors (Lipinski definition) is 1. The lowest BCUT2D eigenvalue weighted by Gasteiger charge is -2.04. The molecule has 2 rings (SSSR count). The minimum absolute atomic E-state index is 0.551. The zero-order valence-corrected chi connectivity index (χ0v) is 8.98. The van der Waals surface area contributed by atoms with Crippen LogP contribution in [-0.2, 0) is 6.54 Å². The van der Waals surface area contributed by atoms with E-state index in [1.54, 1.807) is 6.20 Å². The van der Waals surface area contributed by atoms with Crippen LogP contribution < -0.4 is 5.32 Å². The Morgan fingerprint density at radius 3 is 3.12 bits per heavy atom. The summed E-state index contributed by atoms with van der Waals surface area (Å²) in [4.78, 5) is 4.27. The Morgan fingerprint density at radius 1 is 1.31 bits per heavy atom. The van der Waals surface area contributed by atoms with E-state index in [1.165, 1.54) is 5.56 Å². The molecule has 0 atom stereocenters. The van der Waals surface area contributed by atoms with Crippen molar-refractivity contribution < 1.29 is 0 Å². The Labute approximate surface area is 94.7 Å². The van der Waals surface area contributed by atoms with Gasteiger partial charge in [-0.25, -0.2) is 0 Å². The van der Waals surface area contributed by atoms with E-state index in [0.717, 1.165) is 24.0 Å². The molecule has 0 saturated carbocycles. The molecule has 16 heavy (non-hydrogen) atoms. The van der Waals surface area contributed by atoms with Crippen LogP contribution in [0, 0.1) is 11.3 Å². The molecule has 0 spiro atoms. The lowest BCUT2D eigenvalue weighted by molar-refractivity contribution is 0.699. The van der Waals surface area contributed by atoms with Crippen molar-refractivity contribution in [2.75, 3.05) is 6.54 Å². The maximum atomic E-state index is 8.41. The van der Waals surface area contributed by atoms with E-state index in [9.17, 15) is 0 Å². The van der Waals surface area contributed by atoms with Crippen LogP contribution in [0.15, 0.2) is 36.5 Å². The van der Waals surface area contributed by atoms with Crippen molar-refractivity contribution in [3.05, 3.63) is 42.1 Å². The summed E-state index contributed by atoms with van der Waals surface area (Å²) in [6.07, 6.45) is 2.35. The third-order valence-electron chi connectivity index (χ3n) is 2.41. The lowest BCUT2D eigenvalue weighted by Crippen LogP contribution is -2.13. The molecule has 0 saturated heterocycles. The number of fused-ring (bicyclic) bond motifs is 1. The standard InChI is InChI=1S/C13H13N3/c14-6-2-7-15-10-11-4-5-13-12(9-11)3-1-8-16-13/h1,3-5,8-9,15H,2,7,10H2. The number of pyridine rings is 1. The van der Waals surface area contributed by atoms with Gasteiger partial charge in [-0.1, -0.05) is 12.1 Å². The van der Waals surface area contributed by atoms with Gasteiger partial charge >= 0.3 is 0 Å². The third kappa shape index (κ3) is 2.56. The maximum Gasteiger partial charge on any atom is 0.0702 e. The summed E-state index contributed by atoms with van der Waals surface area (Å²) in [5, 5.41) is 12.8. The molecule has 3 nitrogen and oxygen atoms in total. The van der Waals surface area contributed by atoms with Gasteiger partial charge < -0.3 is 5.32 Å². The van der Waals surface area contributed by atoms with Crippen molar-refractivity contribution in [2.45, 2.75) is 13.0 Å². The van der Waals surface area contributed by atoms with Gasteiger partial charge in [-0.05, 0) is 23.8 Å². The molecular weight excluding hydrogens is 198 g/mol. The minimum atomic E-state index is 0.551. The number of nitrogens with zero attached hydrogens (tertiary/aromatic N) is 2. The Balaban J connectivity index is 2.05. The van der Waals surface area contributed by atoms with Gasteiger partial charge in [0.25, 0.3) is 0 Å². The molecule has 0 amide bonds. The smallest absolute Gasteiger partial charge is 0.0702 e. The molecule has 3 heteroatoms. The van der Waals surface area contributed by atoms with Crippen molar-refractivity contribution in [3.63, 3.8) is 0 Å². The number of nitrogens with one attached hydrogen (secondary N) is 1. The molecule has 0 bridgehead atoms. The first-order valence-corrected chi connectivity index (χ1v) is 5.31. The Hall–Kier alpha value is -1.92. The molecule has 1 aromatic carbocycles. The summed E-state index contributed by atoms with van der Waals surface area (Å²) in [5.74, 6) is 0. The fourth-order valence-electron chi connectivity index (χ4n) is 1.61. The number of nitriles is 1. The number of aromatic nitrogens is 1. The zero-order valence-electron chi connectivity index (χ0n) is 8.98. The van der Waals surface area contributed by atoms with Gasteiger partial charge in [0.15, 0.2) is 0 Å². The highest BCUT2D eigenvalue weighted by molar-refractivity contribution is 5.78. The molecule has 0 unspecified atom stereocenters. The molecule has 0 aliphatic heterocycles. The van der Waals surface area contributed by atoms with Crippen LogP contribution in [0.1, 0.15) is 12.0 Å². The van der Waals surface area contributed by atoms with Gasteiger partial charge in [-0.3, -0.25) is 4.98 Å². The van der Waals surface area contributed by atoms with E-state index in [1.807, 2.05) is 12.1 Å². The highest BCUT2D eigenvalue weighted by Crippen LogP contribution is 2.12. The van der Waals surface area contributed by atoms with E-state index < -0.39 is 0 Å². The van der Waals surface area contributed by atoms with Crippen molar-refractivity contribution in [2.24, 2.45) is 0 Å². The first-order valence-electron chi connectivity index (χ1n) is 5.31. The molecular formula is C13H13N3. The molecule has 0 aliphatic carbocycles. The SMILES string of the molecule is N#CCCNCc1ccc2ncccc2c1. The fourth-order valence-corrected chi connectivity index (χ4v) is 1.61. The minimum Gasteiger partial charge on any atom is -0.312 e. The fraction of sp³-hybridized carbons (Fsp3) is 0.231. The van der Waals surface area contributed by atoms with Crippen molar-refractivity contribution in [1.29, 1.82) is 5.26 Å². The van der Waals surface area contributed by atoms with Crippen LogP contribution in [0.2, 0.25) is 0 Å². The second-order valence-electron chi connectivity index (χ2n) is 3.62. The van der Waals surface area contributed by atoms with Crippen LogP contribution in [-0.4, -0.2) is 11.5 Å². The van der Waals surface area contributed by atoms with Gasteiger partial charge in [0.1, 0.15) is 0 Å².